The molecule has 1 saturated heterocycles. The maximum absolute atomic E-state index is 12.8. The summed E-state index contributed by atoms with van der Waals surface area (Å²) in [5, 5.41) is 5.25. The van der Waals surface area contributed by atoms with Crippen LogP contribution >= 0.6 is 0 Å². The molecule has 4 amide bonds. The molecule has 1 fully saturated rings. The maximum Gasteiger partial charge on any atom is 0.344 e. The van der Waals surface area contributed by atoms with Gasteiger partial charge in [0.15, 0.2) is 18.1 Å². The molecule has 0 bridgehead atoms. The molecule has 1 aliphatic heterocycles. The zero-order valence-corrected chi connectivity index (χ0v) is 20.5. The number of carbonyl (C=O) groups is 4. The van der Waals surface area contributed by atoms with E-state index in [0.29, 0.717) is 29.4 Å². The molecule has 190 valence electrons. The summed E-state index contributed by atoms with van der Waals surface area (Å²) in [6.45, 7) is 5.35. The number of hydrogen-bond donors (Lipinski definition) is 2. The van der Waals surface area contributed by atoms with Crippen LogP contribution in [0.4, 0.5) is 10.5 Å². The Bertz CT molecular complexity index is 1180. The van der Waals surface area contributed by atoms with Crippen LogP contribution in [-0.2, 0) is 25.5 Å². The van der Waals surface area contributed by atoms with Crippen molar-refractivity contribution in [3.05, 3.63) is 59.3 Å². The number of nitrogens with zero attached hydrogens (tertiary/aromatic N) is 1. The third kappa shape index (κ3) is 6.62. The van der Waals surface area contributed by atoms with Gasteiger partial charge in [-0.1, -0.05) is 31.2 Å². The van der Waals surface area contributed by atoms with Gasteiger partial charge in [-0.3, -0.25) is 9.59 Å². The summed E-state index contributed by atoms with van der Waals surface area (Å²) in [5.74, 6) is -0.923. The van der Waals surface area contributed by atoms with Crippen molar-refractivity contribution in [2.45, 2.75) is 27.2 Å². The molecule has 0 radical (unpaired) electrons. The van der Waals surface area contributed by atoms with Crippen molar-refractivity contribution in [3.8, 4) is 11.5 Å². The number of esters is 1. The van der Waals surface area contributed by atoms with Crippen LogP contribution in [0.5, 0.6) is 11.5 Å². The van der Waals surface area contributed by atoms with Gasteiger partial charge >= 0.3 is 12.0 Å². The molecule has 0 aliphatic carbocycles. The summed E-state index contributed by atoms with van der Waals surface area (Å²) < 4.78 is 15.9. The van der Waals surface area contributed by atoms with Crippen LogP contribution in [0.25, 0.3) is 6.08 Å². The number of rotatable bonds is 11. The van der Waals surface area contributed by atoms with E-state index in [1.165, 1.54) is 6.08 Å². The second kappa shape index (κ2) is 12.4. The smallest absolute Gasteiger partial charge is 0.344 e. The first-order valence-corrected chi connectivity index (χ1v) is 11.6. The van der Waals surface area contributed by atoms with Gasteiger partial charge in [0.1, 0.15) is 12.2 Å². The lowest BCUT2D eigenvalue weighted by molar-refractivity contribution is -0.145. The highest BCUT2D eigenvalue weighted by Crippen LogP contribution is 2.30. The Kier molecular flexibility index (Phi) is 9.04. The first-order chi connectivity index (χ1) is 17.4. The summed E-state index contributed by atoms with van der Waals surface area (Å²) in [7, 11) is 0. The number of urea groups is 1. The Hall–Kier alpha value is -4.34. The average molecular weight is 496 g/mol. The third-order valence-electron chi connectivity index (χ3n) is 5.17. The van der Waals surface area contributed by atoms with Crippen LogP contribution in [0, 0.1) is 0 Å². The lowest BCUT2D eigenvalue weighted by Crippen LogP contribution is -2.38. The van der Waals surface area contributed by atoms with Crippen LogP contribution < -0.4 is 20.1 Å². The number of carbonyl (C=O) groups excluding carboxylic acids is 4. The largest absolute Gasteiger partial charge is 0.490 e. The minimum atomic E-state index is -0.690. The fourth-order valence-corrected chi connectivity index (χ4v) is 3.51. The molecule has 1 aliphatic rings. The molecule has 2 aromatic rings. The molecular formula is C26H29N3O7. The summed E-state index contributed by atoms with van der Waals surface area (Å²) in [6.07, 6.45) is 2.20. The summed E-state index contributed by atoms with van der Waals surface area (Å²) in [5.41, 5.74) is 2.16. The zero-order valence-electron chi connectivity index (χ0n) is 20.5. The van der Waals surface area contributed by atoms with E-state index >= 15 is 0 Å². The van der Waals surface area contributed by atoms with Gasteiger partial charge in [0.25, 0.3) is 5.91 Å². The Balaban J connectivity index is 1.71. The molecule has 0 saturated carbocycles. The van der Waals surface area contributed by atoms with E-state index in [9.17, 15) is 19.2 Å². The standard InChI is InChI=1S/C26H29N3O7/c1-4-18-9-7-8-10-19(18)27-23(30)15-29-25(32)20(28-26(29)33)13-17-11-12-21(22(14-17)34-5-2)36-16-24(31)35-6-3/h7-14H,4-6,15-16H2,1-3H3,(H,27,30)(H,28,33)/b20-13+. The lowest BCUT2D eigenvalue weighted by atomic mass is 10.1. The molecule has 3 rings (SSSR count). The van der Waals surface area contributed by atoms with Crippen molar-refractivity contribution in [1.29, 1.82) is 0 Å². The number of amides is 4. The molecule has 2 aromatic carbocycles. The number of anilines is 1. The quantitative estimate of drug-likeness (QED) is 0.279. The van der Waals surface area contributed by atoms with Crippen molar-refractivity contribution in [2.75, 3.05) is 31.7 Å². The van der Waals surface area contributed by atoms with Gasteiger partial charge in [0, 0.05) is 5.69 Å². The fraction of sp³-hybridized carbons (Fsp3) is 0.308. The van der Waals surface area contributed by atoms with Crippen LogP contribution in [0.3, 0.4) is 0 Å². The molecule has 10 nitrogen and oxygen atoms in total. The highest BCUT2D eigenvalue weighted by molar-refractivity contribution is 6.16. The van der Waals surface area contributed by atoms with Crippen LogP contribution in [0.2, 0.25) is 0 Å². The third-order valence-corrected chi connectivity index (χ3v) is 5.17. The normalized spacial score (nSPS) is 14.0. The van der Waals surface area contributed by atoms with E-state index in [-0.39, 0.29) is 18.9 Å². The minimum Gasteiger partial charge on any atom is -0.490 e. The Morgan fingerprint density at radius 1 is 1.00 bits per heavy atom. The van der Waals surface area contributed by atoms with E-state index in [1.807, 2.05) is 19.1 Å². The van der Waals surface area contributed by atoms with Crippen molar-refractivity contribution < 1.29 is 33.4 Å². The van der Waals surface area contributed by atoms with Gasteiger partial charge in [-0.05, 0) is 55.7 Å². The lowest BCUT2D eigenvalue weighted by Gasteiger charge is -2.13. The van der Waals surface area contributed by atoms with Gasteiger partial charge < -0.3 is 24.8 Å². The van der Waals surface area contributed by atoms with Crippen molar-refractivity contribution in [3.63, 3.8) is 0 Å². The van der Waals surface area contributed by atoms with Crippen molar-refractivity contribution in [2.24, 2.45) is 0 Å². The van der Waals surface area contributed by atoms with Gasteiger partial charge in [-0.25, -0.2) is 14.5 Å². The van der Waals surface area contributed by atoms with Crippen molar-refractivity contribution >= 4 is 35.6 Å². The van der Waals surface area contributed by atoms with Crippen LogP contribution in [-0.4, -0.2) is 55.1 Å². The molecule has 36 heavy (non-hydrogen) atoms. The average Bonchev–Trinajstić information content (AvgIpc) is 3.11. The van der Waals surface area contributed by atoms with Crippen LogP contribution in [0.1, 0.15) is 31.9 Å². The number of hydrogen-bond acceptors (Lipinski definition) is 7. The van der Waals surface area contributed by atoms with Crippen molar-refractivity contribution in [1.82, 2.24) is 10.2 Å². The number of benzene rings is 2. The van der Waals surface area contributed by atoms with Gasteiger partial charge in [0.05, 0.1) is 13.2 Å². The second-order valence-corrected chi connectivity index (χ2v) is 7.67. The number of imide groups is 1. The molecule has 0 atom stereocenters. The molecule has 0 aromatic heterocycles. The topological polar surface area (TPSA) is 123 Å². The van der Waals surface area contributed by atoms with E-state index in [2.05, 4.69) is 10.6 Å². The highest BCUT2D eigenvalue weighted by Gasteiger charge is 2.35. The van der Waals surface area contributed by atoms with E-state index < -0.39 is 30.4 Å². The van der Waals surface area contributed by atoms with Crippen LogP contribution in [0.15, 0.2) is 48.2 Å². The molecule has 2 N–H and O–H groups in total. The van der Waals surface area contributed by atoms with E-state index in [0.717, 1.165) is 16.9 Å². The van der Waals surface area contributed by atoms with Gasteiger partial charge in [0.2, 0.25) is 5.91 Å². The predicted octanol–water partition coefficient (Wildman–Crippen LogP) is 3.12. The Morgan fingerprint density at radius 2 is 1.78 bits per heavy atom. The molecule has 10 heteroatoms. The number of aryl methyl sites for hydroxylation is 1. The van der Waals surface area contributed by atoms with Gasteiger partial charge in [-0.15, -0.1) is 0 Å². The SMILES string of the molecule is CCOC(=O)COc1ccc(/C=C2/NC(=O)N(CC(=O)Nc3ccccc3CC)C2=O)cc1OCC. The minimum absolute atomic E-state index is 0.0180. The molecule has 1 heterocycles. The zero-order chi connectivity index (χ0) is 26.1. The number of nitrogens with one attached hydrogen (secondary N) is 2. The highest BCUT2D eigenvalue weighted by atomic mass is 16.6. The van der Waals surface area contributed by atoms with E-state index in [4.69, 9.17) is 14.2 Å². The summed E-state index contributed by atoms with van der Waals surface area (Å²) in [4.78, 5) is 50.2. The van der Waals surface area contributed by atoms with E-state index in [1.54, 1.807) is 44.2 Å². The molecule has 0 unspecified atom stereocenters. The summed E-state index contributed by atoms with van der Waals surface area (Å²) >= 11 is 0. The monoisotopic (exact) mass is 495 g/mol. The Morgan fingerprint density at radius 3 is 2.50 bits per heavy atom. The second-order valence-electron chi connectivity index (χ2n) is 7.67. The Labute approximate surface area is 209 Å². The number of para-hydroxylation sites is 1. The summed E-state index contributed by atoms with van der Waals surface area (Å²) in [6, 6.07) is 11.5. The molecular weight excluding hydrogens is 466 g/mol. The maximum atomic E-state index is 12.8. The molecule has 0 spiro atoms. The first-order valence-electron chi connectivity index (χ1n) is 11.6. The van der Waals surface area contributed by atoms with Gasteiger partial charge in [-0.2, -0.15) is 0 Å². The fourth-order valence-electron chi connectivity index (χ4n) is 3.51. The first kappa shape index (κ1) is 26.3. The predicted molar refractivity (Wildman–Crippen MR) is 132 cm³/mol. The number of ether oxygens (including phenoxy) is 3.